The van der Waals surface area contributed by atoms with Gasteiger partial charge in [-0.25, -0.2) is 9.97 Å². The standard InChI is InChI=1S/C6H8ClN3/c1-8-4-6-9-3-2-5(7)10-6/h2-3,8H,4H2,1H3. The summed E-state index contributed by atoms with van der Waals surface area (Å²) in [5, 5.41) is 3.41. The molecule has 0 aliphatic rings. The number of aromatic nitrogens is 2. The van der Waals surface area contributed by atoms with Crippen molar-refractivity contribution >= 4 is 11.6 Å². The summed E-state index contributed by atoms with van der Waals surface area (Å²) in [7, 11) is 1.84. The van der Waals surface area contributed by atoms with E-state index in [-0.39, 0.29) is 0 Å². The maximum absolute atomic E-state index is 5.60. The van der Waals surface area contributed by atoms with Crippen molar-refractivity contribution in [1.29, 1.82) is 0 Å². The van der Waals surface area contributed by atoms with Gasteiger partial charge in [0, 0.05) is 6.20 Å². The predicted molar refractivity (Wildman–Crippen MR) is 39.8 cm³/mol. The van der Waals surface area contributed by atoms with Crippen molar-refractivity contribution < 1.29 is 0 Å². The summed E-state index contributed by atoms with van der Waals surface area (Å²) in [6.45, 7) is 0.653. The Kier molecular flexibility index (Phi) is 2.59. The van der Waals surface area contributed by atoms with Gasteiger partial charge >= 0.3 is 0 Å². The molecule has 0 aliphatic carbocycles. The van der Waals surface area contributed by atoms with Crippen molar-refractivity contribution in [3.63, 3.8) is 0 Å². The molecule has 10 heavy (non-hydrogen) atoms. The predicted octanol–water partition coefficient (Wildman–Crippen LogP) is 0.849. The Morgan fingerprint density at radius 1 is 1.70 bits per heavy atom. The summed E-state index contributed by atoms with van der Waals surface area (Å²) >= 11 is 5.60. The molecule has 0 amide bonds. The molecule has 0 radical (unpaired) electrons. The van der Waals surface area contributed by atoms with E-state index in [1.165, 1.54) is 0 Å². The molecule has 3 nitrogen and oxygen atoms in total. The van der Waals surface area contributed by atoms with Crippen LogP contribution in [0.2, 0.25) is 5.15 Å². The van der Waals surface area contributed by atoms with Gasteiger partial charge in [0.15, 0.2) is 0 Å². The van der Waals surface area contributed by atoms with Crippen LogP contribution in [0.3, 0.4) is 0 Å². The van der Waals surface area contributed by atoms with E-state index in [1.807, 2.05) is 7.05 Å². The highest BCUT2D eigenvalue weighted by atomic mass is 35.5. The second-order valence-corrected chi connectivity index (χ2v) is 2.21. The number of halogens is 1. The van der Waals surface area contributed by atoms with Crippen LogP contribution in [-0.2, 0) is 6.54 Å². The zero-order valence-corrected chi connectivity index (χ0v) is 6.39. The molecule has 1 N–H and O–H groups in total. The molecule has 1 rings (SSSR count). The summed E-state index contributed by atoms with van der Waals surface area (Å²) < 4.78 is 0. The van der Waals surface area contributed by atoms with Crippen LogP contribution in [0, 0.1) is 0 Å². The maximum Gasteiger partial charge on any atom is 0.143 e. The SMILES string of the molecule is CNCc1nccc(Cl)n1. The molecule has 0 bridgehead atoms. The largest absolute Gasteiger partial charge is 0.313 e. The van der Waals surface area contributed by atoms with E-state index in [2.05, 4.69) is 15.3 Å². The number of nitrogens with one attached hydrogen (secondary N) is 1. The molecule has 0 fully saturated rings. The Bertz CT molecular complexity index is 214. The Morgan fingerprint density at radius 3 is 3.10 bits per heavy atom. The Labute approximate surface area is 64.5 Å². The second-order valence-electron chi connectivity index (χ2n) is 1.83. The molecule has 0 aliphatic heterocycles. The van der Waals surface area contributed by atoms with Gasteiger partial charge in [0.1, 0.15) is 11.0 Å². The van der Waals surface area contributed by atoms with Crippen LogP contribution in [0.25, 0.3) is 0 Å². The molecular formula is C6H8ClN3. The smallest absolute Gasteiger partial charge is 0.143 e. The van der Waals surface area contributed by atoms with E-state index in [9.17, 15) is 0 Å². The fraction of sp³-hybridized carbons (Fsp3) is 0.333. The lowest BCUT2D eigenvalue weighted by Crippen LogP contribution is -2.08. The van der Waals surface area contributed by atoms with Crippen molar-refractivity contribution in [1.82, 2.24) is 15.3 Å². The third-order valence-electron chi connectivity index (χ3n) is 1.01. The summed E-state index contributed by atoms with van der Waals surface area (Å²) in [6, 6.07) is 1.65. The number of hydrogen-bond acceptors (Lipinski definition) is 3. The molecule has 0 unspecified atom stereocenters. The average molecular weight is 158 g/mol. The van der Waals surface area contributed by atoms with Gasteiger partial charge in [0.2, 0.25) is 0 Å². The fourth-order valence-corrected chi connectivity index (χ4v) is 0.771. The Hall–Kier alpha value is -0.670. The monoisotopic (exact) mass is 157 g/mol. The van der Waals surface area contributed by atoms with Gasteiger partial charge in [0.05, 0.1) is 6.54 Å². The van der Waals surface area contributed by atoms with Crippen LogP contribution in [0.5, 0.6) is 0 Å². The molecule has 0 aromatic carbocycles. The molecule has 54 valence electrons. The molecule has 1 heterocycles. The summed E-state index contributed by atoms with van der Waals surface area (Å²) in [5.74, 6) is 0.718. The minimum Gasteiger partial charge on any atom is -0.313 e. The lowest BCUT2D eigenvalue weighted by atomic mass is 10.5. The van der Waals surface area contributed by atoms with E-state index < -0.39 is 0 Å². The van der Waals surface area contributed by atoms with E-state index in [0.29, 0.717) is 11.7 Å². The first-order valence-electron chi connectivity index (χ1n) is 2.95. The normalized spacial score (nSPS) is 9.80. The van der Waals surface area contributed by atoms with Crippen LogP contribution in [-0.4, -0.2) is 17.0 Å². The van der Waals surface area contributed by atoms with Gasteiger partial charge < -0.3 is 5.32 Å². The van der Waals surface area contributed by atoms with E-state index in [0.717, 1.165) is 5.82 Å². The van der Waals surface area contributed by atoms with Crippen LogP contribution in [0.4, 0.5) is 0 Å². The highest BCUT2D eigenvalue weighted by Gasteiger charge is 1.93. The van der Waals surface area contributed by atoms with Crippen molar-refractivity contribution in [2.24, 2.45) is 0 Å². The quantitative estimate of drug-likeness (QED) is 0.647. The third-order valence-corrected chi connectivity index (χ3v) is 1.22. The zero-order valence-electron chi connectivity index (χ0n) is 5.63. The van der Waals surface area contributed by atoms with Gasteiger partial charge in [0.25, 0.3) is 0 Å². The number of rotatable bonds is 2. The van der Waals surface area contributed by atoms with Crippen LogP contribution >= 0.6 is 11.6 Å². The average Bonchev–Trinajstić information content (AvgIpc) is 1.88. The van der Waals surface area contributed by atoms with Gasteiger partial charge in [-0.1, -0.05) is 11.6 Å². The van der Waals surface area contributed by atoms with Crippen molar-refractivity contribution in [2.75, 3.05) is 7.05 Å². The van der Waals surface area contributed by atoms with Crippen molar-refractivity contribution in [3.05, 3.63) is 23.2 Å². The van der Waals surface area contributed by atoms with Crippen molar-refractivity contribution in [3.8, 4) is 0 Å². The molecular weight excluding hydrogens is 150 g/mol. The molecule has 0 atom stereocenters. The number of hydrogen-bond donors (Lipinski definition) is 1. The first-order chi connectivity index (χ1) is 4.83. The molecule has 0 saturated heterocycles. The van der Waals surface area contributed by atoms with Crippen LogP contribution in [0.1, 0.15) is 5.82 Å². The first-order valence-corrected chi connectivity index (χ1v) is 3.33. The molecule has 1 aromatic rings. The Morgan fingerprint density at radius 2 is 2.50 bits per heavy atom. The van der Waals surface area contributed by atoms with Gasteiger partial charge in [-0.15, -0.1) is 0 Å². The Balaban J connectivity index is 2.75. The van der Waals surface area contributed by atoms with Crippen molar-refractivity contribution in [2.45, 2.75) is 6.54 Å². The lowest BCUT2D eigenvalue weighted by molar-refractivity contribution is 0.758. The minimum atomic E-state index is 0.486. The topological polar surface area (TPSA) is 37.8 Å². The first kappa shape index (κ1) is 7.44. The zero-order chi connectivity index (χ0) is 7.40. The third kappa shape index (κ3) is 1.93. The minimum absolute atomic E-state index is 0.486. The molecule has 4 heteroatoms. The second kappa shape index (κ2) is 3.49. The van der Waals surface area contributed by atoms with E-state index in [4.69, 9.17) is 11.6 Å². The summed E-state index contributed by atoms with van der Waals surface area (Å²) in [4.78, 5) is 7.93. The van der Waals surface area contributed by atoms with Gasteiger partial charge in [-0.3, -0.25) is 0 Å². The highest BCUT2D eigenvalue weighted by Crippen LogP contribution is 2.00. The fourth-order valence-electron chi connectivity index (χ4n) is 0.618. The lowest BCUT2D eigenvalue weighted by Gasteiger charge is -1.96. The van der Waals surface area contributed by atoms with Crippen LogP contribution < -0.4 is 5.32 Å². The number of nitrogens with zero attached hydrogens (tertiary/aromatic N) is 2. The summed E-state index contributed by atoms with van der Waals surface area (Å²) in [6.07, 6.45) is 1.64. The highest BCUT2D eigenvalue weighted by molar-refractivity contribution is 6.29. The van der Waals surface area contributed by atoms with E-state index >= 15 is 0 Å². The molecule has 1 aromatic heterocycles. The van der Waals surface area contributed by atoms with Crippen LogP contribution in [0.15, 0.2) is 12.3 Å². The van der Waals surface area contributed by atoms with E-state index in [1.54, 1.807) is 12.3 Å². The summed E-state index contributed by atoms with van der Waals surface area (Å²) in [5.41, 5.74) is 0. The molecule has 0 saturated carbocycles. The maximum atomic E-state index is 5.60. The van der Waals surface area contributed by atoms with Gasteiger partial charge in [-0.05, 0) is 13.1 Å². The molecule has 0 spiro atoms. The van der Waals surface area contributed by atoms with Gasteiger partial charge in [-0.2, -0.15) is 0 Å².